The summed E-state index contributed by atoms with van der Waals surface area (Å²) < 4.78 is 5.39. The number of benzene rings is 2. The van der Waals surface area contributed by atoms with Gasteiger partial charge in [-0.1, -0.05) is 30.3 Å². The number of aromatic hydroxyl groups is 1. The molecule has 6 nitrogen and oxygen atoms in total. The molecule has 1 fully saturated rings. The molecule has 4 rings (SSSR count). The van der Waals surface area contributed by atoms with Crippen molar-refractivity contribution in [3.63, 3.8) is 0 Å². The average molecular weight is 376 g/mol. The smallest absolute Gasteiger partial charge is 0.216 e. The van der Waals surface area contributed by atoms with Crippen molar-refractivity contribution in [3.8, 4) is 23.0 Å². The zero-order chi connectivity index (χ0) is 19.3. The van der Waals surface area contributed by atoms with Gasteiger partial charge in [0.25, 0.3) is 0 Å². The van der Waals surface area contributed by atoms with Crippen molar-refractivity contribution >= 4 is 5.69 Å². The largest absolute Gasteiger partial charge is 0.508 e. The normalized spacial score (nSPS) is 14.8. The van der Waals surface area contributed by atoms with Crippen molar-refractivity contribution in [1.82, 2.24) is 14.9 Å². The van der Waals surface area contributed by atoms with Gasteiger partial charge in [-0.3, -0.25) is 4.90 Å². The van der Waals surface area contributed by atoms with E-state index in [2.05, 4.69) is 14.8 Å². The minimum absolute atomic E-state index is 0.300. The number of anilines is 1. The van der Waals surface area contributed by atoms with Crippen molar-refractivity contribution in [2.24, 2.45) is 0 Å². The van der Waals surface area contributed by atoms with Crippen LogP contribution in [-0.2, 0) is 6.54 Å². The maximum atomic E-state index is 9.46. The lowest BCUT2D eigenvalue weighted by atomic mass is 10.2. The van der Waals surface area contributed by atoms with Crippen molar-refractivity contribution < 1.29 is 9.84 Å². The third kappa shape index (κ3) is 4.23. The van der Waals surface area contributed by atoms with Gasteiger partial charge in [-0.25, -0.2) is 4.98 Å². The summed E-state index contributed by atoms with van der Waals surface area (Å²) in [5.74, 6) is 1.58. The molecule has 1 N–H and O–H groups in total. The van der Waals surface area contributed by atoms with Crippen LogP contribution in [0.25, 0.3) is 11.4 Å². The van der Waals surface area contributed by atoms with E-state index < -0.39 is 0 Å². The molecule has 0 bridgehead atoms. The molecule has 3 aromatic rings. The van der Waals surface area contributed by atoms with Gasteiger partial charge in [0, 0.05) is 50.0 Å². The fourth-order valence-electron chi connectivity index (χ4n) is 3.43. The van der Waals surface area contributed by atoms with E-state index in [1.165, 1.54) is 0 Å². The maximum absolute atomic E-state index is 9.46. The molecule has 144 valence electrons. The summed E-state index contributed by atoms with van der Waals surface area (Å²) in [6, 6.07) is 19.3. The Morgan fingerprint density at radius 1 is 0.929 bits per heavy atom. The summed E-state index contributed by atoms with van der Waals surface area (Å²) in [4.78, 5) is 14.0. The highest BCUT2D eigenvalue weighted by Gasteiger charge is 2.18. The minimum Gasteiger partial charge on any atom is -0.508 e. The zero-order valence-electron chi connectivity index (χ0n) is 16.0. The average Bonchev–Trinajstić information content (AvgIpc) is 2.75. The highest BCUT2D eigenvalue weighted by Crippen LogP contribution is 2.22. The Labute approximate surface area is 165 Å². The van der Waals surface area contributed by atoms with Gasteiger partial charge < -0.3 is 14.7 Å². The Kier molecular flexibility index (Phi) is 5.39. The number of nitrogens with zero attached hydrogens (tertiary/aromatic N) is 4. The first-order valence-corrected chi connectivity index (χ1v) is 9.45. The molecule has 0 amide bonds. The summed E-state index contributed by atoms with van der Waals surface area (Å²) in [7, 11) is 1.64. The zero-order valence-corrected chi connectivity index (χ0v) is 16.0. The van der Waals surface area contributed by atoms with Crippen LogP contribution in [-0.4, -0.2) is 53.3 Å². The molecule has 2 aromatic carbocycles. The van der Waals surface area contributed by atoms with Crippen LogP contribution in [0.5, 0.6) is 11.6 Å². The van der Waals surface area contributed by atoms with Crippen LogP contribution in [0.3, 0.4) is 0 Å². The molecule has 28 heavy (non-hydrogen) atoms. The quantitative estimate of drug-likeness (QED) is 0.738. The van der Waals surface area contributed by atoms with Gasteiger partial charge in [0.2, 0.25) is 5.88 Å². The van der Waals surface area contributed by atoms with Crippen LogP contribution in [0, 0.1) is 0 Å². The first-order valence-electron chi connectivity index (χ1n) is 9.45. The molecule has 0 spiro atoms. The second kappa shape index (κ2) is 8.27. The SMILES string of the molecule is COc1cc(CN2CCN(c3ccc(O)cc3)CC2)nc(-c2ccccc2)n1. The molecule has 1 saturated heterocycles. The Morgan fingerprint density at radius 2 is 1.64 bits per heavy atom. The molecule has 2 heterocycles. The number of hydrogen-bond donors (Lipinski definition) is 1. The van der Waals surface area contributed by atoms with Gasteiger partial charge in [-0.05, 0) is 24.3 Å². The predicted octanol–water partition coefficient (Wildman–Crippen LogP) is 3.18. The van der Waals surface area contributed by atoms with Crippen LogP contribution >= 0.6 is 0 Å². The first-order chi connectivity index (χ1) is 13.7. The Balaban J connectivity index is 1.44. The van der Waals surface area contributed by atoms with E-state index in [9.17, 15) is 5.11 Å². The van der Waals surface area contributed by atoms with Crippen LogP contribution < -0.4 is 9.64 Å². The highest BCUT2D eigenvalue weighted by atomic mass is 16.5. The third-order valence-corrected chi connectivity index (χ3v) is 4.97. The van der Waals surface area contributed by atoms with E-state index in [4.69, 9.17) is 9.72 Å². The molecule has 0 aliphatic carbocycles. The minimum atomic E-state index is 0.300. The van der Waals surface area contributed by atoms with E-state index in [0.29, 0.717) is 17.5 Å². The topological polar surface area (TPSA) is 61.7 Å². The predicted molar refractivity (Wildman–Crippen MR) is 110 cm³/mol. The van der Waals surface area contributed by atoms with E-state index in [1.807, 2.05) is 48.5 Å². The fraction of sp³-hybridized carbons (Fsp3) is 0.273. The lowest BCUT2D eigenvalue weighted by molar-refractivity contribution is 0.246. The third-order valence-electron chi connectivity index (χ3n) is 4.97. The lowest BCUT2D eigenvalue weighted by Crippen LogP contribution is -2.46. The highest BCUT2D eigenvalue weighted by molar-refractivity contribution is 5.55. The molecule has 1 aliphatic heterocycles. The number of rotatable bonds is 5. The van der Waals surface area contributed by atoms with Crippen LogP contribution in [0.1, 0.15) is 5.69 Å². The fourth-order valence-corrected chi connectivity index (χ4v) is 3.43. The molecule has 1 aliphatic rings. The summed E-state index contributed by atoms with van der Waals surface area (Å²) in [5, 5.41) is 9.46. The van der Waals surface area contributed by atoms with Crippen LogP contribution in [0.2, 0.25) is 0 Å². The summed E-state index contributed by atoms with van der Waals surface area (Å²) in [6.07, 6.45) is 0. The number of phenols is 1. The lowest BCUT2D eigenvalue weighted by Gasteiger charge is -2.36. The first kappa shape index (κ1) is 18.3. The van der Waals surface area contributed by atoms with Crippen molar-refractivity contribution in [1.29, 1.82) is 0 Å². The molecule has 0 unspecified atom stereocenters. The van der Waals surface area contributed by atoms with Crippen LogP contribution in [0.4, 0.5) is 5.69 Å². The number of phenolic OH excluding ortho intramolecular Hbond substituents is 1. The molecule has 6 heteroatoms. The Morgan fingerprint density at radius 3 is 2.32 bits per heavy atom. The van der Waals surface area contributed by atoms with Gasteiger partial charge in [0.15, 0.2) is 5.82 Å². The molecular formula is C22H24N4O2. The van der Waals surface area contributed by atoms with Crippen molar-refractivity contribution in [2.45, 2.75) is 6.54 Å². The molecule has 0 radical (unpaired) electrons. The van der Waals surface area contributed by atoms with Gasteiger partial charge in [-0.2, -0.15) is 4.98 Å². The monoisotopic (exact) mass is 376 g/mol. The van der Waals surface area contributed by atoms with Crippen molar-refractivity contribution in [2.75, 3.05) is 38.2 Å². The van der Waals surface area contributed by atoms with E-state index in [1.54, 1.807) is 19.2 Å². The molecular weight excluding hydrogens is 352 g/mol. The van der Waals surface area contributed by atoms with Crippen molar-refractivity contribution in [3.05, 3.63) is 66.4 Å². The summed E-state index contributed by atoms with van der Waals surface area (Å²) >= 11 is 0. The molecule has 1 aromatic heterocycles. The molecule has 0 saturated carbocycles. The number of aromatic nitrogens is 2. The van der Waals surface area contributed by atoms with Gasteiger partial charge in [-0.15, -0.1) is 0 Å². The van der Waals surface area contributed by atoms with Gasteiger partial charge in [0.1, 0.15) is 5.75 Å². The second-order valence-electron chi connectivity index (χ2n) is 6.87. The second-order valence-corrected chi connectivity index (χ2v) is 6.87. The summed E-state index contributed by atoms with van der Waals surface area (Å²) in [5.41, 5.74) is 3.09. The number of ether oxygens (including phenoxy) is 1. The Hall–Kier alpha value is -3.12. The van der Waals surface area contributed by atoms with Gasteiger partial charge >= 0.3 is 0 Å². The number of piperazine rings is 1. The Bertz CT molecular complexity index is 908. The number of methoxy groups -OCH3 is 1. The van der Waals surface area contributed by atoms with E-state index >= 15 is 0 Å². The van der Waals surface area contributed by atoms with E-state index in [0.717, 1.165) is 49.7 Å². The molecule has 0 atom stereocenters. The maximum Gasteiger partial charge on any atom is 0.216 e. The van der Waals surface area contributed by atoms with E-state index in [-0.39, 0.29) is 0 Å². The number of hydrogen-bond acceptors (Lipinski definition) is 6. The van der Waals surface area contributed by atoms with Crippen LogP contribution in [0.15, 0.2) is 60.7 Å². The summed E-state index contributed by atoms with van der Waals surface area (Å²) in [6.45, 7) is 4.56. The standard InChI is InChI=1S/C22H24N4O2/c1-28-21-15-18(23-22(24-21)17-5-3-2-4-6-17)16-25-11-13-26(14-12-25)19-7-9-20(27)10-8-19/h2-10,15,27H,11-14,16H2,1H3. The van der Waals surface area contributed by atoms with Gasteiger partial charge in [0.05, 0.1) is 12.8 Å².